The molecule has 2 rings (SSSR count). The van der Waals surface area contributed by atoms with Gasteiger partial charge in [-0.15, -0.1) is 4.72 Å². The Morgan fingerprint density at radius 3 is 2.50 bits per heavy atom. The molecular formula is C17H26BrN3O2S. The second-order valence-corrected chi connectivity index (χ2v) is 10.6. The van der Waals surface area contributed by atoms with Crippen molar-refractivity contribution in [2.45, 2.75) is 64.5 Å². The second kappa shape index (κ2) is 6.96. The van der Waals surface area contributed by atoms with E-state index in [2.05, 4.69) is 25.6 Å². The number of aromatic nitrogens is 2. The van der Waals surface area contributed by atoms with Crippen LogP contribution in [0.2, 0.25) is 0 Å². The number of fused-ring (bicyclic) bond motifs is 1. The summed E-state index contributed by atoms with van der Waals surface area (Å²) in [6.07, 6.45) is 1.99. The van der Waals surface area contributed by atoms with Gasteiger partial charge in [-0.25, -0.2) is 4.98 Å². The Kier molecular flexibility index (Phi) is 5.72. The highest BCUT2D eigenvalue weighted by atomic mass is 79.9. The first-order chi connectivity index (χ1) is 10.9. The molecule has 1 unspecified atom stereocenters. The molecule has 2 atom stereocenters. The molecule has 2 aromatic rings. The molecule has 2 heterocycles. The molecule has 0 saturated heterocycles. The van der Waals surface area contributed by atoms with Gasteiger partial charge in [0.05, 0.1) is 18.2 Å². The molecule has 2 aromatic heterocycles. The fourth-order valence-corrected chi connectivity index (χ4v) is 3.55. The Balaban J connectivity index is 2.43. The van der Waals surface area contributed by atoms with Crippen molar-refractivity contribution in [1.29, 1.82) is 0 Å². The highest BCUT2D eigenvalue weighted by Crippen LogP contribution is 2.29. The number of halogens is 1. The zero-order valence-electron chi connectivity index (χ0n) is 15.1. The molecule has 0 aromatic carbocycles. The summed E-state index contributed by atoms with van der Waals surface area (Å²) in [5.74, 6) is 0. The third-order valence-corrected chi connectivity index (χ3v) is 5.70. The van der Waals surface area contributed by atoms with E-state index in [-0.39, 0.29) is 10.8 Å². The van der Waals surface area contributed by atoms with E-state index in [1.807, 2.05) is 50.6 Å². The monoisotopic (exact) mass is 415 g/mol. The Labute approximate surface area is 155 Å². The fraction of sp³-hybridized carbons (Fsp3) is 0.588. The molecule has 7 heteroatoms. The van der Waals surface area contributed by atoms with Crippen LogP contribution < -0.4 is 4.72 Å². The first kappa shape index (κ1) is 19.7. The molecule has 0 saturated carbocycles. The highest BCUT2D eigenvalue weighted by Gasteiger charge is 2.29. The normalized spacial score (nSPS) is 15.7. The maximum atomic E-state index is 12.4. The van der Waals surface area contributed by atoms with Gasteiger partial charge in [0.2, 0.25) is 0 Å². The number of aliphatic hydroxyl groups is 1. The Morgan fingerprint density at radius 2 is 1.96 bits per heavy atom. The first-order valence-corrected chi connectivity index (χ1v) is 9.88. The van der Waals surface area contributed by atoms with Crippen molar-refractivity contribution < 1.29 is 9.66 Å². The van der Waals surface area contributed by atoms with Crippen molar-refractivity contribution >= 4 is 38.3 Å². The van der Waals surface area contributed by atoms with E-state index in [9.17, 15) is 9.66 Å². The summed E-state index contributed by atoms with van der Waals surface area (Å²) in [5, 5.41) is 11.2. The number of nitrogens with one attached hydrogen (secondary N) is 1. The molecule has 24 heavy (non-hydrogen) atoms. The maximum Gasteiger partial charge on any atom is 0.141 e. The van der Waals surface area contributed by atoms with Crippen LogP contribution in [-0.2, 0) is 17.9 Å². The average Bonchev–Trinajstić information content (AvgIpc) is 2.74. The molecule has 0 aliphatic carbocycles. The lowest BCUT2D eigenvalue weighted by atomic mass is 10.1. The number of rotatable bonds is 5. The van der Waals surface area contributed by atoms with E-state index in [1.54, 1.807) is 13.8 Å². The van der Waals surface area contributed by atoms with Crippen molar-refractivity contribution in [3.8, 4) is 0 Å². The van der Waals surface area contributed by atoms with E-state index in [1.165, 1.54) is 0 Å². The lowest BCUT2D eigenvalue weighted by Gasteiger charge is -2.26. The summed E-state index contributed by atoms with van der Waals surface area (Å²) in [4.78, 5) is 4.56. The van der Waals surface area contributed by atoms with Gasteiger partial charge in [-0.2, -0.15) is 0 Å². The summed E-state index contributed by atoms with van der Waals surface area (Å²) < 4.78 is 17.9. The Hall–Kier alpha value is -0.600. The molecule has 0 spiro atoms. The quantitative estimate of drug-likeness (QED) is 0.576. The van der Waals surface area contributed by atoms with Gasteiger partial charge in [-0.3, -0.25) is 0 Å². The van der Waals surface area contributed by atoms with Gasteiger partial charge >= 0.3 is 0 Å². The van der Waals surface area contributed by atoms with Gasteiger partial charge in [0.15, 0.2) is 0 Å². The van der Waals surface area contributed by atoms with Crippen molar-refractivity contribution in [3.63, 3.8) is 0 Å². The van der Waals surface area contributed by atoms with E-state index < -0.39 is 17.0 Å². The lowest BCUT2D eigenvalue weighted by molar-refractivity contribution is 0.0626. The first-order valence-electron chi connectivity index (χ1n) is 7.94. The van der Waals surface area contributed by atoms with Gasteiger partial charge in [0, 0.05) is 28.5 Å². The molecule has 0 radical (unpaired) electrons. The number of hydrogen-bond donors (Lipinski definition) is 2. The van der Waals surface area contributed by atoms with Crippen molar-refractivity contribution in [2.75, 3.05) is 0 Å². The summed E-state index contributed by atoms with van der Waals surface area (Å²) >= 11 is 2.24. The summed E-state index contributed by atoms with van der Waals surface area (Å²) in [5.41, 5.74) is 0.974. The van der Waals surface area contributed by atoms with Gasteiger partial charge in [0.1, 0.15) is 15.0 Å². The summed E-state index contributed by atoms with van der Waals surface area (Å²) in [7, 11) is 0. The largest absolute Gasteiger partial charge is 0.598 e. The van der Waals surface area contributed by atoms with Crippen molar-refractivity contribution in [2.24, 2.45) is 0 Å². The van der Waals surface area contributed by atoms with Crippen LogP contribution in [0.4, 0.5) is 0 Å². The van der Waals surface area contributed by atoms with Crippen LogP contribution in [0.5, 0.6) is 0 Å². The van der Waals surface area contributed by atoms with Crippen LogP contribution in [0.1, 0.15) is 53.1 Å². The minimum absolute atomic E-state index is 0.0985. The molecule has 0 fully saturated rings. The molecule has 5 nitrogen and oxygen atoms in total. The van der Waals surface area contributed by atoms with E-state index in [0.717, 1.165) is 21.2 Å². The third-order valence-electron chi connectivity index (χ3n) is 3.58. The van der Waals surface area contributed by atoms with E-state index in [0.29, 0.717) is 6.54 Å². The van der Waals surface area contributed by atoms with Gasteiger partial charge < -0.3 is 14.2 Å². The minimum atomic E-state index is -1.16. The van der Waals surface area contributed by atoms with Crippen LogP contribution in [0.25, 0.3) is 11.0 Å². The Bertz CT molecular complexity index is 719. The summed E-state index contributed by atoms with van der Waals surface area (Å²) in [6, 6.07) is 3.80. The number of nitrogens with zero attached hydrogens (tertiary/aromatic N) is 2. The standard InChI is InChI=1S/C17H26BrN3O2S/c1-11(20-24(23)16(2,3)4)13-9-21(10-17(5,6)22)15-12(13)7-8-14(18)19-15/h7-9,11,20,22H,10H2,1-6H3/t11-,24?/m1/s1. The number of hydrogen-bond acceptors (Lipinski definition) is 4. The zero-order chi connectivity index (χ0) is 18.3. The highest BCUT2D eigenvalue weighted by molar-refractivity contribution is 9.10. The van der Waals surface area contributed by atoms with E-state index in [4.69, 9.17) is 0 Å². The van der Waals surface area contributed by atoms with Crippen LogP contribution in [0.3, 0.4) is 0 Å². The predicted octanol–water partition coefficient (Wildman–Crippen LogP) is 3.68. The molecule has 2 N–H and O–H groups in total. The third kappa shape index (κ3) is 4.73. The second-order valence-electron chi connectivity index (χ2n) is 7.75. The lowest BCUT2D eigenvalue weighted by Crippen LogP contribution is -2.40. The minimum Gasteiger partial charge on any atom is -0.598 e. The van der Waals surface area contributed by atoms with Crippen molar-refractivity contribution in [1.82, 2.24) is 14.3 Å². The maximum absolute atomic E-state index is 12.4. The molecule has 0 aliphatic rings. The van der Waals surface area contributed by atoms with Gasteiger partial charge in [-0.05, 0) is 69.6 Å². The smallest absolute Gasteiger partial charge is 0.141 e. The van der Waals surface area contributed by atoms with Crippen LogP contribution >= 0.6 is 15.9 Å². The average molecular weight is 416 g/mol. The van der Waals surface area contributed by atoms with Crippen LogP contribution in [-0.4, -0.2) is 29.6 Å². The number of pyridine rings is 1. The molecule has 0 bridgehead atoms. The van der Waals surface area contributed by atoms with Crippen LogP contribution in [0.15, 0.2) is 22.9 Å². The molecule has 134 valence electrons. The summed E-state index contributed by atoms with van der Waals surface area (Å²) in [6.45, 7) is 11.8. The van der Waals surface area contributed by atoms with E-state index >= 15 is 0 Å². The van der Waals surface area contributed by atoms with Crippen LogP contribution in [0, 0.1) is 0 Å². The molecule has 0 aliphatic heterocycles. The Morgan fingerprint density at radius 1 is 1.33 bits per heavy atom. The van der Waals surface area contributed by atoms with Gasteiger partial charge in [0.25, 0.3) is 0 Å². The van der Waals surface area contributed by atoms with Gasteiger partial charge in [-0.1, -0.05) is 0 Å². The SMILES string of the molecule is C[C@@H](N[S+]([O-])C(C)(C)C)c1cn(CC(C)(C)O)c2nc(Br)ccc12. The van der Waals surface area contributed by atoms with Crippen molar-refractivity contribution in [3.05, 3.63) is 28.5 Å². The molecular weight excluding hydrogens is 390 g/mol. The zero-order valence-corrected chi connectivity index (χ0v) is 17.5. The molecule has 0 amide bonds. The fourth-order valence-electron chi connectivity index (χ4n) is 2.45. The predicted molar refractivity (Wildman–Crippen MR) is 103 cm³/mol. The topological polar surface area (TPSA) is 73.1 Å².